The number of alkyl halides is 1. The molecule has 14 heavy (non-hydrogen) atoms. The number of hydrogen-bond donors (Lipinski definition) is 4. The van der Waals surface area contributed by atoms with Gasteiger partial charge in [-0.05, 0) is 19.3 Å². The van der Waals surface area contributed by atoms with Crippen LogP contribution in [0.15, 0.2) is 0 Å². The molecule has 0 radical (unpaired) electrons. The van der Waals surface area contributed by atoms with Crippen molar-refractivity contribution in [2.24, 2.45) is 5.73 Å². The van der Waals surface area contributed by atoms with E-state index in [9.17, 15) is 9.18 Å². The molecule has 0 bridgehead atoms. The lowest BCUT2D eigenvalue weighted by atomic mass is 9.81. The Labute approximate surface area is 81.0 Å². The fraction of sp³-hybridized carbons (Fsp3) is 0.750. The predicted molar refractivity (Wildman–Crippen MR) is 48.8 cm³/mol. The molecule has 0 spiro atoms. The lowest BCUT2D eigenvalue weighted by Crippen LogP contribution is -2.58. The molecule has 1 aliphatic rings. The summed E-state index contributed by atoms with van der Waals surface area (Å²) in [6.45, 7) is 0. The number of aliphatic carboxylic acids is 1. The Morgan fingerprint density at radius 3 is 2.79 bits per heavy atom. The first-order valence-electron chi connectivity index (χ1n) is 4.46. The summed E-state index contributed by atoms with van der Waals surface area (Å²) < 4.78 is 13.1. The minimum absolute atomic E-state index is 0.123. The van der Waals surface area contributed by atoms with Gasteiger partial charge in [-0.1, -0.05) is 0 Å². The van der Waals surface area contributed by atoms with Crippen molar-refractivity contribution in [1.82, 2.24) is 5.32 Å². The highest BCUT2D eigenvalue weighted by molar-refractivity contribution is 5.86. The van der Waals surface area contributed by atoms with E-state index in [1.165, 1.54) is 0 Å². The lowest BCUT2D eigenvalue weighted by molar-refractivity contribution is -0.146. The highest BCUT2D eigenvalue weighted by Gasteiger charge is 2.43. The molecule has 0 saturated heterocycles. The number of halogens is 1. The van der Waals surface area contributed by atoms with Crippen molar-refractivity contribution in [3.05, 3.63) is 0 Å². The maximum atomic E-state index is 13.1. The predicted octanol–water partition coefficient (Wildman–Crippen LogP) is 0.205. The summed E-state index contributed by atoms with van der Waals surface area (Å²) in [6.07, 6.45) is -0.0706. The second kappa shape index (κ2) is 3.81. The molecule has 6 heteroatoms. The molecule has 1 rings (SSSR count). The third kappa shape index (κ3) is 2.12. The Bertz CT molecular complexity index is 259. The largest absolute Gasteiger partial charge is 0.480 e. The van der Waals surface area contributed by atoms with Crippen LogP contribution in [-0.2, 0) is 4.79 Å². The van der Waals surface area contributed by atoms with Crippen LogP contribution < -0.4 is 11.1 Å². The maximum Gasteiger partial charge on any atom is 0.329 e. The van der Waals surface area contributed by atoms with Crippen molar-refractivity contribution < 1.29 is 14.3 Å². The lowest BCUT2D eigenvalue weighted by Gasteiger charge is -2.35. The number of nitrogens with one attached hydrogen (secondary N) is 2. The van der Waals surface area contributed by atoms with E-state index in [2.05, 4.69) is 5.32 Å². The zero-order valence-electron chi connectivity index (χ0n) is 7.72. The minimum Gasteiger partial charge on any atom is -0.480 e. The number of carbonyl (C=O) groups is 1. The van der Waals surface area contributed by atoms with E-state index >= 15 is 0 Å². The monoisotopic (exact) mass is 203 g/mol. The van der Waals surface area contributed by atoms with Gasteiger partial charge in [0.25, 0.3) is 0 Å². The van der Waals surface area contributed by atoms with Gasteiger partial charge in [-0.25, -0.2) is 9.18 Å². The number of rotatable bonds is 2. The molecular formula is C8H14FN3O2. The summed E-state index contributed by atoms with van der Waals surface area (Å²) in [5.74, 6) is -1.57. The van der Waals surface area contributed by atoms with Gasteiger partial charge in [-0.15, -0.1) is 0 Å². The summed E-state index contributed by atoms with van der Waals surface area (Å²) in [5.41, 5.74) is 3.69. The summed E-state index contributed by atoms with van der Waals surface area (Å²) in [7, 11) is 0. The van der Waals surface area contributed by atoms with Crippen LogP contribution in [0.2, 0.25) is 0 Å². The molecule has 2 atom stereocenters. The second-order valence-corrected chi connectivity index (χ2v) is 3.62. The van der Waals surface area contributed by atoms with Gasteiger partial charge in [0.15, 0.2) is 5.96 Å². The molecule has 0 amide bonds. The molecule has 5 N–H and O–H groups in total. The highest BCUT2D eigenvalue weighted by Crippen LogP contribution is 2.30. The van der Waals surface area contributed by atoms with Crippen LogP contribution in [0.5, 0.6) is 0 Å². The normalized spacial score (nSPS) is 32.2. The number of carboxylic acid groups (broad SMARTS) is 1. The van der Waals surface area contributed by atoms with Gasteiger partial charge < -0.3 is 16.2 Å². The van der Waals surface area contributed by atoms with Crippen molar-refractivity contribution >= 4 is 11.9 Å². The van der Waals surface area contributed by atoms with Crippen molar-refractivity contribution in [3.8, 4) is 0 Å². The first kappa shape index (κ1) is 10.7. The first-order chi connectivity index (χ1) is 6.46. The number of nitrogens with two attached hydrogens (primary N) is 1. The second-order valence-electron chi connectivity index (χ2n) is 3.62. The molecule has 1 aliphatic carbocycles. The van der Waals surface area contributed by atoms with Crippen LogP contribution in [0.3, 0.4) is 0 Å². The van der Waals surface area contributed by atoms with Crippen LogP contribution in [0, 0.1) is 5.41 Å². The molecule has 0 heterocycles. The van der Waals surface area contributed by atoms with E-state index in [1.807, 2.05) is 0 Å². The minimum atomic E-state index is -1.39. The molecule has 2 unspecified atom stereocenters. The fourth-order valence-corrected chi connectivity index (χ4v) is 1.83. The summed E-state index contributed by atoms with van der Waals surface area (Å²) >= 11 is 0. The summed E-state index contributed by atoms with van der Waals surface area (Å²) in [4.78, 5) is 11.0. The van der Waals surface area contributed by atoms with Crippen molar-refractivity contribution in [2.75, 3.05) is 0 Å². The van der Waals surface area contributed by atoms with Crippen molar-refractivity contribution in [2.45, 2.75) is 37.4 Å². The Hall–Kier alpha value is -1.33. The summed E-state index contributed by atoms with van der Waals surface area (Å²) in [6, 6.07) is 0. The SMILES string of the molecule is N=C(N)NC1(C(=O)O)CCCC(F)C1. The first-order valence-corrected chi connectivity index (χ1v) is 4.46. The van der Waals surface area contributed by atoms with Gasteiger partial charge in [0, 0.05) is 6.42 Å². The Kier molecular flexibility index (Phi) is 2.93. The molecule has 0 aliphatic heterocycles. The van der Waals surface area contributed by atoms with Gasteiger partial charge >= 0.3 is 5.97 Å². The smallest absolute Gasteiger partial charge is 0.329 e. The third-order valence-electron chi connectivity index (χ3n) is 2.47. The number of guanidine groups is 1. The number of hydrogen-bond acceptors (Lipinski definition) is 2. The molecule has 0 aromatic carbocycles. The van der Waals surface area contributed by atoms with E-state index in [-0.39, 0.29) is 6.42 Å². The molecule has 1 fully saturated rings. The molecule has 0 aromatic rings. The standard InChI is InChI=1S/C8H14FN3O2/c9-5-2-1-3-8(4-5,6(13)14)12-7(10)11/h5H,1-4H2,(H,13,14)(H4,10,11,12). The Balaban J connectivity index is 2.80. The quantitative estimate of drug-likeness (QED) is 0.380. The summed E-state index contributed by atoms with van der Waals surface area (Å²) in [5, 5.41) is 18.3. The average molecular weight is 203 g/mol. The Morgan fingerprint density at radius 1 is 1.71 bits per heavy atom. The van der Waals surface area contributed by atoms with E-state index in [1.54, 1.807) is 0 Å². The molecule has 1 saturated carbocycles. The third-order valence-corrected chi connectivity index (χ3v) is 2.47. The van der Waals surface area contributed by atoms with Gasteiger partial charge in [0.2, 0.25) is 0 Å². The fourth-order valence-electron chi connectivity index (χ4n) is 1.83. The van der Waals surface area contributed by atoms with Crippen LogP contribution in [0.25, 0.3) is 0 Å². The Morgan fingerprint density at radius 2 is 2.36 bits per heavy atom. The van der Waals surface area contributed by atoms with Crippen LogP contribution in [0.1, 0.15) is 25.7 Å². The van der Waals surface area contributed by atoms with E-state index in [0.717, 1.165) is 0 Å². The zero-order chi connectivity index (χ0) is 10.8. The van der Waals surface area contributed by atoms with Gasteiger partial charge in [-0.2, -0.15) is 0 Å². The van der Waals surface area contributed by atoms with E-state index < -0.39 is 23.6 Å². The van der Waals surface area contributed by atoms with Crippen LogP contribution in [0.4, 0.5) is 4.39 Å². The average Bonchev–Trinajstić information content (AvgIpc) is 2.02. The zero-order valence-corrected chi connectivity index (χ0v) is 7.72. The van der Waals surface area contributed by atoms with Crippen LogP contribution in [-0.4, -0.2) is 28.7 Å². The van der Waals surface area contributed by atoms with E-state index in [4.69, 9.17) is 16.2 Å². The molecular weight excluding hydrogens is 189 g/mol. The highest BCUT2D eigenvalue weighted by atomic mass is 19.1. The van der Waals surface area contributed by atoms with Gasteiger partial charge in [0.1, 0.15) is 11.7 Å². The van der Waals surface area contributed by atoms with Gasteiger partial charge in [-0.3, -0.25) is 5.41 Å². The van der Waals surface area contributed by atoms with Gasteiger partial charge in [0.05, 0.1) is 0 Å². The molecule has 5 nitrogen and oxygen atoms in total. The molecule has 0 aromatic heterocycles. The van der Waals surface area contributed by atoms with Crippen molar-refractivity contribution in [3.63, 3.8) is 0 Å². The topological polar surface area (TPSA) is 99.2 Å². The maximum absolute atomic E-state index is 13.1. The van der Waals surface area contributed by atoms with E-state index in [0.29, 0.717) is 19.3 Å². The van der Waals surface area contributed by atoms with Crippen molar-refractivity contribution in [1.29, 1.82) is 5.41 Å². The van der Waals surface area contributed by atoms with Crippen LogP contribution >= 0.6 is 0 Å². The molecule has 80 valence electrons. The number of carboxylic acids is 1.